The summed E-state index contributed by atoms with van der Waals surface area (Å²) >= 11 is 0. The van der Waals surface area contributed by atoms with Gasteiger partial charge < -0.3 is 10.2 Å². The largest absolute Gasteiger partial charge is 0.365 e. The molecule has 0 fully saturated rings. The number of hydrogen-bond acceptors (Lipinski definition) is 4. The number of anilines is 2. The Morgan fingerprint density at radius 2 is 1.71 bits per heavy atom. The quantitative estimate of drug-likeness (QED) is 0.732. The Labute approximate surface area is 165 Å². The van der Waals surface area contributed by atoms with Gasteiger partial charge in [-0.15, -0.1) is 0 Å². The summed E-state index contributed by atoms with van der Waals surface area (Å²) in [6, 6.07) is 19.5. The van der Waals surface area contributed by atoms with Crippen molar-refractivity contribution in [3.63, 3.8) is 0 Å². The molecule has 1 aliphatic heterocycles. The van der Waals surface area contributed by atoms with Gasteiger partial charge in [-0.25, -0.2) is 9.97 Å². The first-order valence-electron chi connectivity index (χ1n) is 9.53. The Morgan fingerprint density at radius 1 is 1.00 bits per heavy atom. The van der Waals surface area contributed by atoms with Crippen molar-refractivity contribution in [2.75, 3.05) is 16.8 Å². The maximum absolute atomic E-state index is 13.3. The van der Waals surface area contributed by atoms with E-state index in [1.165, 1.54) is 5.56 Å². The minimum atomic E-state index is -0.178. The summed E-state index contributed by atoms with van der Waals surface area (Å²) in [5.41, 5.74) is 3.27. The van der Waals surface area contributed by atoms with Crippen molar-refractivity contribution in [2.45, 2.75) is 32.7 Å². The Kier molecular flexibility index (Phi) is 4.59. The van der Waals surface area contributed by atoms with Gasteiger partial charge in [0.2, 0.25) is 0 Å². The van der Waals surface area contributed by atoms with Crippen LogP contribution in [0.4, 0.5) is 11.5 Å². The summed E-state index contributed by atoms with van der Waals surface area (Å²) in [6.07, 6.45) is 0.867. The monoisotopic (exact) mass is 372 g/mol. The number of nitrogens with one attached hydrogen (secondary N) is 1. The third kappa shape index (κ3) is 3.74. The van der Waals surface area contributed by atoms with Crippen molar-refractivity contribution in [1.29, 1.82) is 0 Å². The summed E-state index contributed by atoms with van der Waals surface area (Å²) in [5, 5.41) is 3.37. The number of fused-ring (bicyclic) bond motifs is 1. The number of carbonyl (C=O) groups is 1. The van der Waals surface area contributed by atoms with E-state index in [0.29, 0.717) is 23.9 Å². The van der Waals surface area contributed by atoms with E-state index in [2.05, 4.69) is 42.1 Å². The molecule has 0 saturated heterocycles. The fourth-order valence-corrected chi connectivity index (χ4v) is 3.41. The van der Waals surface area contributed by atoms with Gasteiger partial charge in [-0.05, 0) is 38.8 Å². The number of amides is 1. The molecule has 0 spiro atoms. The molecule has 1 aromatic heterocycles. The minimum absolute atomic E-state index is 0.0958. The minimum Gasteiger partial charge on any atom is -0.365 e. The number of nitrogens with zero attached hydrogens (tertiary/aromatic N) is 3. The summed E-state index contributed by atoms with van der Waals surface area (Å²) in [6.45, 7) is 6.87. The van der Waals surface area contributed by atoms with E-state index in [1.54, 1.807) is 6.07 Å². The maximum atomic E-state index is 13.3. The van der Waals surface area contributed by atoms with E-state index in [-0.39, 0.29) is 11.4 Å². The number of para-hydroxylation sites is 1. The molecular weight excluding hydrogens is 348 g/mol. The zero-order chi connectivity index (χ0) is 19.7. The second-order valence-electron chi connectivity index (χ2n) is 8.04. The third-order valence-electron chi connectivity index (χ3n) is 4.61. The van der Waals surface area contributed by atoms with Gasteiger partial charge in [-0.3, -0.25) is 4.79 Å². The normalized spacial score (nSPS) is 13.3. The van der Waals surface area contributed by atoms with Crippen molar-refractivity contribution in [3.05, 3.63) is 71.9 Å². The molecule has 1 aliphatic rings. The van der Waals surface area contributed by atoms with Gasteiger partial charge >= 0.3 is 0 Å². The molecule has 142 valence electrons. The molecule has 5 heteroatoms. The molecule has 1 amide bonds. The lowest BCUT2D eigenvalue weighted by molar-refractivity contribution is 0.0984. The maximum Gasteiger partial charge on any atom is 0.277 e. The lowest BCUT2D eigenvalue weighted by Gasteiger charge is -2.23. The second-order valence-corrected chi connectivity index (χ2v) is 8.04. The molecule has 0 atom stereocenters. The fourth-order valence-electron chi connectivity index (χ4n) is 3.41. The van der Waals surface area contributed by atoms with Gasteiger partial charge in [0.05, 0.1) is 0 Å². The van der Waals surface area contributed by atoms with E-state index < -0.39 is 0 Å². The first-order chi connectivity index (χ1) is 13.4. The van der Waals surface area contributed by atoms with Crippen LogP contribution in [0.15, 0.2) is 60.7 Å². The highest BCUT2D eigenvalue weighted by molar-refractivity contribution is 6.06. The molecule has 2 aromatic carbocycles. The molecule has 3 aromatic rings. The topological polar surface area (TPSA) is 58.1 Å². The van der Waals surface area contributed by atoms with Crippen LogP contribution in [0, 0.1) is 0 Å². The molecule has 28 heavy (non-hydrogen) atoms. The van der Waals surface area contributed by atoms with Crippen LogP contribution in [0.25, 0.3) is 11.4 Å². The van der Waals surface area contributed by atoms with Gasteiger partial charge in [-0.2, -0.15) is 0 Å². The number of benzene rings is 2. The predicted octanol–water partition coefficient (Wildman–Crippen LogP) is 4.56. The van der Waals surface area contributed by atoms with Gasteiger partial charge in [0.1, 0.15) is 11.5 Å². The van der Waals surface area contributed by atoms with Crippen LogP contribution in [0.2, 0.25) is 0 Å². The van der Waals surface area contributed by atoms with Crippen LogP contribution in [0.1, 0.15) is 36.8 Å². The molecule has 0 bridgehead atoms. The number of rotatable bonds is 3. The van der Waals surface area contributed by atoms with Gasteiger partial charge in [-0.1, -0.05) is 48.5 Å². The van der Waals surface area contributed by atoms with Crippen LogP contribution >= 0.6 is 0 Å². The van der Waals surface area contributed by atoms with Crippen molar-refractivity contribution in [3.8, 4) is 11.4 Å². The third-order valence-corrected chi connectivity index (χ3v) is 4.61. The van der Waals surface area contributed by atoms with Crippen molar-refractivity contribution >= 4 is 17.4 Å². The summed E-state index contributed by atoms with van der Waals surface area (Å²) in [5.74, 6) is 1.10. The zero-order valence-corrected chi connectivity index (χ0v) is 16.4. The Hall–Kier alpha value is -3.21. The Balaban J connectivity index is 1.75. The fraction of sp³-hybridized carbons (Fsp3) is 0.261. The number of carbonyl (C=O) groups excluding carboxylic acids is 1. The van der Waals surface area contributed by atoms with Crippen LogP contribution in [0.3, 0.4) is 0 Å². The van der Waals surface area contributed by atoms with Crippen molar-refractivity contribution < 1.29 is 4.79 Å². The van der Waals surface area contributed by atoms with Crippen molar-refractivity contribution in [2.24, 2.45) is 0 Å². The highest BCUT2D eigenvalue weighted by atomic mass is 16.2. The van der Waals surface area contributed by atoms with Crippen LogP contribution in [-0.2, 0) is 6.42 Å². The van der Waals surface area contributed by atoms with Crippen LogP contribution in [0.5, 0.6) is 0 Å². The SMILES string of the molecule is CC(C)(C)Nc1cc(C(=O)N2CCc3ccccc32)nc(-c2ccccc2)n1. The van der Waals surface area contributed by atoms with E-state index in [0.717, 1.165) is 17.7 Å². The highest BCUT2D eigenvalue weighted by Gasteiger charge is 2.27. The Bertz CT molecular complexity index is 1010. The molecule has 0 radical (unpaired) electrons. The predicted molar refractivity (Wildman–Crippen MR) is 113 cm³/mol. The van der Waals surface area contributed by atoms with E-state index in [4.69, 9.17) is 0 Å². The lowest BCUT2D eigenvalue weighted by Crippen LogP contribution is -2.31. The summed E-state index contributed by atoms with van der Waals surface area (Å²) in [4.78, 5) is 24.4. The molecule has 0 aliphatic carbocycles. The summed E-state index contributed by atoms with van der Waals surface area (Å²) in [7, 11) is 0. The van der Waals surface area contributed by atoms with E-state index >= 15 is 0 Å². The van der Waals surface area contributed by atoms with Gasteiger partial charge in [0.15, 0.2) is 5.82 Å². The second kappa shape index (κ2) is 7.08. The van der Waals surface area contributed by atoms with E-state index in [9.17, 15) is 4.79 Å². The molecule has 4 rings (SSSR count). The molecule has 0 saturated carbocycles. The molecule has 0 unspecified atom stereocenters. The average Bonchev–Trinajstić information content (AvgIpc) is 3.10. The first kappa shape index (κ1) is 18.2. The zero-order valence-electron chi connectivity index (χ0n) is 16.4. The molecule has 5 nitrogen and oxygen atoms in total. The first-order valence-corrected chi connectivity index (χ1v) is 9.53. The standard InChI is InChI=1S/C23H24N4O/c1-23(2,3)26-20-15-18(24-21(25-20)17-10-5-4-6-11-17)22(28)27-14-13-16-9-7-8-12-19(16)27/h4-12,15H,13-14H2,1-3H3,(H,24,25,26). The van der Waals surface area contributed by atoms with Crippen LogP contribution in [-0.4, -0.2) is 28.0 Å². The highest BCUT2D eigenvalue weighted by Crippen LogP contribution is 2.29. The summed E-state index contributed by atoms with van der Waals surface area (Å²) < 4.78 is 0. The van der Waals surface area contributed by atoms with Crippen LogP contribution < -0.4 is 10.2 Å². The molecular formula is C23H24N4O. The van der Waals surface area contributed by atoms with E-state index in [1.807, 2.05) is 53.4 Å². The Morgan fingerprint density at radius 3 is 2.46 bits per heavy atom. The molecule has 1 N–H and O–H groups in total. The number of hydrogen-bond donors (Lipinski definition) is 1. The lowest BCUT2D eigenvalue weighted by atomic mass is 10.1. The van der Waals surface area contributed by atoms with Gasteiger partial charge in [0, 0.05) is 29.4 Å². The number of aromatic nitrogens is 2. The molecule has 2 heterocycles. The smallest absolute Gasteiger partial charge is 0.277 e. The van der Waals surface area contributed by atoms with Gasteiger partial charge in [0.25, 0.3) is 5.91 Å². The average molecular weight is 372 g/mol. The van der Waals surface area contributed by atoms with Crippen molar-refractivity contribution in [1.82, 2.24) is 9.97 Å².